The normalized spacial score (nSPS) is 16.9. The number of pyridine rings is 1. The van der Waals surface area contributed by atoms with Gasteiger partial charge < -0.3 is 9.88 Å². The van der Waals surface area contributed by atoms with Crippen LogP contribution >= 0.6 is 11.6 Å². The zero-order chi connectivity index (χ0) is 11.0. The molecule has 0 atom stereocenters. The van der Waals surface area contributed by atoms with E-state index in [0.29, 0.717) is 5.15 Å². The van der Waals surface area contributed by atoms with Crippen LogP contribution in [0.4, 0.5) is 5.95 Å². The van der Waals surface area contributed by atoms with Gasteiger partial charge in [0, 0.05) is 19.3 Å². The maximum absolute atomic E-state index is 6.01. The summed E-state index contributed by atoms with van der Waals surface area (Å²) in [6.45, 7) is 2.15. The van der Waals surface area contributed by atoms with E-state index >= 15 is 0 Å². The van der Waals surface area contributed by atoms with Gasteiger partial charge in [-0.25, -0.2) is 9.97 Å². The average molecular weight is 237 g/mol. The quantitative estimate of drug-likeness (QED) is 0.775. The Kier molecular flexibility index (Phi) is 2.44. The largest absolute Gasteiger partial charge is 0.342 e. The molecule has 0 bridgehead atoms. The van der Waals surface area contributed by atoms with Crippen molar-refractivity contribution in [2.75, 3.05) is 18.0 Å². The van der Waals surface area contributed by atoms with E-state index in [9.17, 15) is 0 Å². The Balaban J connectivity index is 2.01. The molecule has 0 aliphatic carbocycles. The summed E-state index contributed by atoms with van der Waals surface area (Å²) in [4.78, 5) is 14.1. The van der Waals surface area contributed by atoms with E-state index in [2.05, 4.69) is 19.9 Å². The minimum absolute atomic E-state index is 0.494. The number of nitrogens with one attached hydrogen (secondary N) is 1. The van der Waals surface area contributed by atoms with E-state index in [-0.39, 0.29) is 0 Å². The van der Waals surface area contributed by atoms with E-state index in [4.69, 9.17) is 11.6 Å². The topological polar surface area (TPSA) is 44.8 Å². The summed E-state index contributed by atoms with van der Waals surface area (Å²) in [6.07, 6.45) is 5.48. The van der Waals surface area contributed by atoms with Crippen molar-refractivity contribution in [2.24, 2.45) is 0 Å². The highest BCUT2D eigenvalue weighted by atomic mass is 35.5. The van der Waals surface area contributed by atoms with Crippen molar-refractivity contribution >= 4 is 28.6 Å². The Bertz CT molecular complexity index is 502. The smallest absolute Gasteiger partial charge is 0.203 e. The maximum Gasteiger partial charge on any atom is 0.203 e. The average Bonchev–Trinajstić information content (AvgIpc) is 2.76. The number of H-pyrrole nitrogens is 1. The SMILES string of the molecule is Clc1nccc2nc(N3CCCCC3)[nH]c12. The predicted octanol–water partition coefficient (Wildman–Crippen LogP) is 2.60. The van der Waals surface area contributed by atoms with Crippen LogP contribution in [0.3, 0.4) is 0 Å². The number of aromatic amines is 1. The van der Waals surface area contributed by atoms with Crippen LogP contribution in [0, 0.1) is 0 Å². The number of anilines is 1. The fraction of sp³-hybridized carbons (Fsp3) is 0.455. The number of aromatic nitrogens is 3. The molecular weight excluding hydrogens is 224 g/mol. The van der Waals surface area contributed by atoms with Crippen molar-refractivity contribution < 1.29 is 0 Å². The van der Waals surface area contributed by atoms with Crippen molar-refractivity contribution in [3.05, 3.63) is 17.4 Å². The summed E-state index contributed by atoms with van der Waals surface area (Å²) >= 11 is 6.01. The Hall–Kier alpha value is -1.29. The molecule has 1 saturated heterocycles. The van der Waals surface area contributed by atoms with Crippen LogP contribution in [0.1, 0.15) is 19.3 Å². The standard InChI is InChI=1S/C11H13ClN4/c12-10-9-8(4-5-13-10)14-11(15-9)16-6-2-1-3-7-16/h4-5H,1-3,6-7H2,(H,14,15). The monoisotopic (exact) mass is 236 g/mol. The van der Waals surface area contributed by atoms with Gasteiger partial charge in [-0.15, -0.1) is 0 Å². The highest BCUT2D eigenvalue weighted by molar-refractivity contribution is 6.33. The lowest BCUT2D eigenvalue weighted by Gasteiger charge is -2.25. The summed E-state index contributed by atoms with van der Waals surface area (Å²) in [5.41, 5.74) is 1.73. The van der Waals surface area contributed by atoms with E-state index in [1.807, 2.05) is 6.07 Å². The molecule has 1 N–H and O–H groups in total. The van der Waals surface area contributed by atoms with Crippen LogP contribution in [-0.4, -0.2) is 28.0 Å². The molecule has 2 aromatic heterocycles. The first kappa shape index (κ1) is 9.90. The Morgan fingerprint density at radius 3 is 2.81 bits per heavy atom. The fourth-order valence-electron chi connectivity index (χ4n) is 2.14. The van der Waals surface area contributed by atoms with Gasteiger partial charge in [0.15, 0.2) is 5.15 Å². The van der Waals surface area contributed by atoms with Crippen molar-refractivity contribution in [1.82, 2.24) is 15.0 Å². The number of fused-ring (bicyclic) bond motifs is 1. The minimum Gasteiger partial charge on any atom is -0.342 e. The van der Waals surface area contributed by atoms with Gasteiger partial charge in [-0.05, 0) is 25.3 Å². The van der Waals surface area contributed by atoms with Crippen molar-refractivity contribution in [3.63, 3.8) is 0 Å². The molecule has 0 aromatic carbocycles. The lowest BCUT2D eigenvalue weighted by Crippen LogP contribution is -2.30. The summed E-state index contributed by atoms with van der Waals surface area (Å²) in [5, 5.41) is 0.494. The van der Waals surface area contributed by atoms with Crippen LogP contribution in [0.2, 0.25) is 5.15 Å². The highest BCUT2D eigenvalue weighted by Crippen LogP contribution is 2.23. The number of rotatable bonds is 1. The van der Waals surface area contributed by atoms with E-state index < -0.39 is 0 Å². The Morgan fingerprint density at radius 1 is 1.25 bits per heavy atom. The molecule has 0 unspecified atom stereocenters. The number of halogens is 1. The molecule has 3 heterocycles. The number of piperidine rings is 1. The molecule has 0 spiro atoms. The van der Waals surface area contributed by atoms with Crippen LogP contribution in [-0.2, 0) is 0 Å². The molecule has 84 valence electrons. The molecule has 5 heteroatoms. The number of hydrogen-bond donors (Lipinski definition) is 1. The van der Waals surface area contributed by atoms with Gasteiger partial charge in [0.2, 0.25) is 5.95 Å². The van der Waals surface area contributed by atoms with Crippen molar-refractivity contribution in [1.29, 1.82) is 0 Å². The van der Waals surface area contributed by atoms with Crippen molar-refractivity contribution in [3.8, 4) is 0 Å². The van der Waals surface area contributed by atoms with Gasteiger partial charge in [-0.2, -0.15) is 0 Å². The minimum atomic E-state index is 0.494. The molecule has 1 fully saturated rings. The third-order valence-corrected chi connectivity index (χ3v) is 3.29. The molecule has 0 amide bonds. The second-order valence-corrected chi connectivity index (χ2v) is 4.46. The zero-order valence-corrected chi connectivity index (χ0v) is 9.67. The molecule has 16 heavy (non-hydrogen) atoms. The van der Waals surface area contributed by atoms with Gasteiger partial charge >= 0.3 is 0 Å². The first-order valence-electron chi connectivity index (χ1n) is 5.60. The van der Waals surface area contributed by atoms with Crippen molar-refractivity contribution in [2.45, 2.75) is 19.3 Å². The van der Waals surface area contributed by atoms with E-state index in [0.717, 1.165) is 30.1 Å². The fourth-order valence-corrected chi connectivity index (χ4v) is 2.35. The predicted molar refractivity (Wildman–Crippen MR) is 65.0 cm³/mol. The van der Waals surface area contributed by atoms with Crippen LogP contribution < -0.4 is 4.90 Å². The number of hydrogen-bond acceptors (Lipinski definition) is 3. The maximum atomic E-state index is 6.01. The molecule has 3 rings (SSSR count). The van der Waals surface area contributed by atoms with Gasteiger partial charge in [0.25, 0.3) is 0 Å². The molecule has 4 nitrogen and oxygen atoms in total. The molecule has 0 radical (unpaired) electrons. The number of nitrogens with zero attached hydrogens (tertiary/aromatic N) is 3. The third-order valence-electron chi connectivity index (χ3n) is 3.00. The van der Waals surface area contributed by atoms with Gasteiger partial charge in [0.1, 0.15) is 5.52 Å². The van der Waals surface area contributed by atoms with Crippen LogP contribution in [0.5, 0.6) is 0 Å². The molecular formula is C11H13ClN4. The van der Waals surface area contributed by atoms with Crippen LogP contribution in [0.15, 0.2) is 12.3 Å². The van der Waals surface area contributed by atoms with E-state index in [1.165, 1.54) is 19.3 Å². The second-order valence-electron chi connectivity index (χ2n) is 4.10. The summed E-state index contributed by atoms with van der Waals surface area (Å²) in [6, 6.07) is 1.88. The Morgan fingerprint density at radius 2 is 2.06 bits per heavy atom. The van der Waals surface area contributed by atoms with Gasteiger partial charge in [-0.3, -0.25) is 0 Å². The van der Waals surface area contributed by atoms with Gasteiger partial charge in [0.05, 0.1) is 5.52 Å². The first-order valence-corrected chi connectivity index (χ1v) is 5.97. The Labute approximate surface area is 98.6 Å². The molecule has 2 aromatic rings. The zero-order valence-electron chi connectivity index (χ0n) is 8.91. The van der Waals surface area contributed by atoms with Crippen LogP contribution in [0.25, 0.3) is 11.0 Å². The summed E-state index contributed by atoms with van der Waals surface area (Å²) in [7, 11) is 0. The molecule has 1 aliphatic heterocycles. The highest BCUT2D eigenvalue weighted by Gasteiger charge is 2.15. The summed E-state index contributed by atoms with van der Waals surface area (Å²) < 4.78 is 0. The van der Waals surface area contributed by atoms with Gasteiger partial charge in [-0.1, -0.05) is 11.6 Å². The molecule has 0 saturated carbocycles. The summed E-state index contributed by atoms with van der Waals surface area (Å²) in [5.74, 6) is 0.921. The molecule has 1 aliphatic rings. The third kappa shape index (κ3) is 1.63. The number of imidazole rings is 1. The first-order chi connectivity index (χ1) is 7.84. The van der Waals surface area contributed by atoms with E-state index in [1.54, 1.807) is 6.20 Å². The second kappa shape index (κ2) is 3.94. The lowest BCUT2D eigenvalue weighted by molar-refractivity contribution is 0.570. The lowest BCUT2D eigenvalue weighted by atomic mass is 10.1.